The van der Waals surface area contributed by atoms with Crippen LogP contribution in [0.25, 0.3) is 0 Å². The number of hydrogen-bond acceptors (Lipinski definition) is 3. The van der Waals surface area contributed by atoms with E-state index in [1.807, 2.05) is 18.2 Å². The Morgan fingerprint density at radius 3 is 2.52 bits per heavy atom. The smallest absolute Gasteiger partial charge is 0.220 e. The van der Waals surface area contributed by atoms with E-state index in [0.29, 0.717) is 19.4 Å². The van der Waals surface area contributed by atoms with Gasteiger partial charge in [-0.15, -0.1) is 0 Å². The minimum atomic E-state index is -0.266. The van der Waals surface area contributed by atoms with Crippen molar-refractivity contribution < 1.29 is 9.53 Å². The summed E-state index contributed by atoms with van der Waals surface area (Å²) in [6.07, 6.45) is 2.85. The molecule has 0 aliphatic heterocycles. The molecule has 4 nitrogen and oxygen atoms in total. The highest BCUT2D eigenvalue weighted by atomic mass is 79.9. The lowest BCUT2D eigenvalue weighted by Gasteiger charge is -2.31. The fraction of sp³-hybridized carbons (Fsp3) is 0.562. The highest BCUT2D eigenvalue weighted by Gasteiger charge is 2.25. The van der Waals surface area contributed by atoms with Crippen LogP contribution in [-0.2, 0) is 11.2 Å². The zero-order valence-corrected chi connectivity index (χ0v) is 14.6. The Morgan fingerprint density at radius 2 is 2.05 bits per heavy atom. The third-order valence-electron chi connectivity index (χ3n) is 4.01. The van der Waals surface area contributed by atoms with Gasteiger partial charge < -0.3 is 15.8 Å². The average molecular weight is 357 g/mol. The van der Waals surface area contributed by atoms with Crippen LogP contribution in [-0.4, -0.2) is 25.1 Å². The van der Waals surface area contributed by atoms with Crippen LogP contribution in [0.15, 0.2) is 22.7 Å². The van der Waals surface area contributed by atoms with E-state index in [9.17, 15) is 4.79 Å². The van der Waals surface area contributed by atoms with Crippen LogP contribution in [0.5, 0.6) is 5.75 Å². The van der Waals surface area contributed by atoms with Crippen molar-refractivity contribution in [2.75, 3.05) is 13.7 Å². The standard InChI is InChI=1S/C16H25BrN2O2/c1-4-16(5-2,11-18)19-15(20)9-7-12-6-8-14(21-3)13(17)10-12/h6,8,10H,4-5,7,9,11,18H2,1-3H3,(H,19,20). The number of nitrogens with two attached hydrogens (primary N) is 1. The Hall–Kier alpha value is -1.07. The molecule has 0 spiro atoms. The summed E-state index contributed by atoms with van der Waals surface area (Å²) >= 11 is 3.45. The molecule has 1 aromatic rings. The maximum atomic E-state index is 12.1. The molecule has 1 amide bonds. The Balaban J connectivity index is 2.59. The minimum absolute atomic E-state index is 0.0519. The van der Waals surface area contributed by atoms with Gasteiger partial charge in [0.1, 0.15) is 5.75 Å². The number of benzene rings is 1. The van der Waals surface area contributed by atoms with E-state index in [-0.39, 0.29) is 11.4 Å². The molecular formula is C16H25BrN2O2. The maximum absolute atomic E-state index is 12.1. The van der Waals surface area contributed by atoms with Gasteiger partial charge in [0.15, 0.2) is 0 Å². The van der Waals surface area contributed by atoms with Crippen molar-refractivity contribution in [3.8, 4) is 5.75 Å². The van der Waals surface area contributed by atoms with Gasteiger partial charge in [0.05, 0.1) is 17.1 Å². The number of halogens is 1. The zero-order chi connectivity index (χ0) is 15.9. The van der Waals surface area contributed by atoms with Crippen LogP contribution in [0.4, 0.5) is 0 Å². The number of carbonyl (C=O) groups excluding carboxylic acids is 1. The van der Waals surface area contributed by atoms with Gasteiger partial charge in [0.25, 0.3) is 0 Å². The number of ether oxygens (including phenoxy) is 1. The lowest BCUT2D eigenvalue weighted by atomic mass is 9.92. The first-order chi connectivity index (χ1) is 10.00. The summed E-state index contributed by atoms with van der Waals surface area (Å²) in [6, 6.07) is 5.87. The zero-order valence-electron chi connectivity index (χ0n) is 13.0. The van der Waals surface area contributed by atoms with Gasteiger partial charge in [-0.1, -0.05) is 19.9 Å². The van der Waals surface area contributed by atoms with E-state index < -0.39 is 0 Å². The lowest BCUT2D eigenvalue weighted by molar-refractivity contribution is -0.123. The normalized spacial score (nSPS) is 11.3. The van der Waals surface area contributed by atoms with Gasteiger partial charge >= 0.3 is 0 Å². The summed E-state index contributed by atoms with van der Waals surface area (Å²) in [6.45, 7) is 4.58. The molecule has 1 rings (SSSR count). The van der Waals surface area contributed by atoms with Crippen LogP contribution >= 0.6 is 15.9 Å². The molecular weight excluding hydrogens is 332 g/mol. The van der Waals surface area contributed by atoms with Crippen molar-refractivity contribution in [1.82, 2.24) is 5.32 Å². The number of rotatable bonds is 8. The Morgan fingerprint density at radius 1 is 1.38 bits per heavy atom. The monoisotopic (exact) mass is 356 g/mol. The molecule has 0 fully saturated rings. The second kappa shape index (κ2) is 8.39. The SMILES string of the molecule is CCC(CC)(CN)NC(=O)CCc1ccc(OC)c(Br)c1. The topological polar surface area (TPSA) is 64.3 Å². The summed E-state index contributed by atoms with van der Waals surface area (Å²) in [5.41, 5.74) is 6.64. The number of hydrogen-bond donors (Lipinski definition) is 2. The number of amides is 1. The van der Waals surface area contributed by atoms with E-state index in [1.165, 1.54) is 0 Å². The summed E-state index contributed by atoms with van der Waals surface area (Å²) in [5, 5.41) is 3.09. The Bertz CT molecular complexity index is 465. The largest absolute Gasteiger partial charge is 0.496 e. The fourth-order valence-electron chi connectivity index (χ4n) is 2.25. The molecule has 0 saturated carbocycles. The maximum Gasteiger partial charge on any atom is 0.220 e. The van der Waals surface area contributed by atoms with Crippen LogP contribution in [0.1, 0.15) is 38.7 Å². The van der Waals surface area contributed by atoms with Crippen LogP contribution in [0, 0.1) is 0 Å². The summed E-state index contributed by atoms with van der Waals surface area (Å²) in [5.74, 6) is 0.846. The molecule has 0 radical (unpaired) electrons. The second-order valence-corrected chi connectivity index (χ2v) is 6.06. The lowest BCUT2D eigenvalue weighted by Crippen LogP contribution is -2.52. The Kier molecular flexibility index (Phi) is 7.18. The second-order valence-electron chi connectivity index (χ2n) is 5.21. The molecule has 3 N–H and O–H groups in total. The molecule has 118 valence electrons. The number of carbonyl (C=O) groups is 1. The molecule has 0 unspecified atom stereocenters. The molecule has 0 saturated heterocycles. The van der Waals surface area contributed by atoms with Crippen LogP contribution < -0.4 is 15.8 Å². The molecule has 0 heterocycles. The predicted octanol–water partition coefficient (Wildman–Crippen LogP) is 3.02. The van der Waals surface area contributed by atoms with Crippen molar-refractivity contribution in [2.24, 2.45) is 5.73 Å². The molecule has 0 atom stereocenters. The number of nitrogens with one attached hydrogen (secondary N) is 1. The van der Waals surface area contributed by atoms with Gasteiger partial charge in [-0.25, -0.2) is 0 Å². The van der Waals surface area contributed by atoms with Crippen molar-refractivity contribution in [3.05, 3.63) is 28.2 Å². The van der Waals surface area contributed by atoms with Gasteiger partial charge in [-0.05, 0) is 52.9 Å². The third-order valence-corrected chi connectivity index (χ3v) is 4.63. The minimum Gasteiger partial charge on any atom is -0.496 e. The van der Waals surface area contributed by atoms with Crippen molar-refractivity contribution in [1.29, 1.82) is 0 Å². The van der Waals surface area contributed by atoms with Crippen molar-refractivity contribution in [2.45, 2.75) is 45.1 Å². The molecule has 0 bridgehead atoms. The van der Waals surface area contributed by atoms with Crippen molar-refractivity contribution in [3.63, 3.8) is 0 Å². The van der Waals surface area contributed by atoms with Crippen molar-refractivity contribution >= 4 is 21.8 Å². The van der Waals surface area contributed by atoms with E-state index in [2.05, 4.69) is 35.1 Å². The third kappa shape index (κ3) is 5.00. The molecule has 5 heteroatoms. The van der Waals surface area contributed by atoms with Gasteiger partial charge in [0.2, 0.25) is 5.91 Å². The summed E-state index contributed by atoms with van der Waals surface area (Å²) in [7, 11) is 1.63. The van der Waals surface area contributed by atoms with E-state index in [1.54, 1.807) is 7.11 Å². The fourth-order valence-corrected chi connectivity index (χ4v) is 2.84. The first kappa shape index (κ1) is 18.0. The van der Waals surface area contributed by atoms with E-state index >= 15 is 0 Å². The predicted molar refractivity (Wildman–Crippen MR) is 89.5 cm³/mol. The van der Waals surface area contributed by atoms with Crippen LogP contribution in [0.2, 0.25) is 0 Å². The van der Waals surface area contributed by atoms with Gasteiger partial charge in [-0.3, -0.25) is 4.79 Å². The number of aryl methyl sites for hydroxylation is 1. The first-order valence-electron chi connectivity index (χ1n) is 7.33. The molecule has 21 heavy (non-hydrogen) atoms. The highest BCUT2D eigenvalue weighted by Crippen LogP contribution is 2.26. The Labute approximate surface area is 135 Å². The van der Waals surface area contributed by atoms with E-state index in [0.717, 1.165) is 28.6 Å². The highest BCUT2D eigenvalue weighted by molar-refractivity contribution is 9.10. The average Bonchev–Trinajstić information content (AvgIpc) is 2.51. The quantitative estimate of drug-likeness (QED) is 0.752. The first-order valence-corrected chi connectivity index (χ1v) is 8.13. The molecule has 1 aromatic carbocycles. The van der Waals surface area contributed by atoms with Gasteiger partial charge in [0, 0.05) is 13.0 Å². The summed E-state index contributed by atoms with van der Waals surface area (Å²) < 4.78 is 6.10. The molecule has 0 aliphatic carbocycles. The van der Waals surface area contributed by atoms with E-state index in [4.69, 9.17) is 10.5 Å². The molecule has 0 aromatic heterocycles. The summed E-state index contributed by atoms with van der Waals surface area (Å²) in [4.78, 5) is 12.1. The number of methoxy groups -OCH3 is 1. The van der Waals surface area contributed by atoms with Crippen LogP contribution in [0.3, 0.4) is 0 Å². The molecule has 0 aliphatic rings. The van der Waals surface area contributed by atoms with Gasteiger partial charge in [-0.2, -0.15) is 0 Å².